The SMILES string of the molecule is C=CCN1C(=O)/C(=C/c2ccc(C(C)C)cc2)S/C1=N/c1nc(-c2ccccc2)cs1. The van der Waals surface area contributed by atoms with Crippen LogP contribution < -0.4 is 0 Å². The zero-order chi connectivity index (χ0) is 21.8. The Hall–Kier alpha value is -2.96. The standard InChI is InChI=1S/C25H23N3OS2/c1-4-14-28-23(29)22(15-18-10-12-19(13-11-18)17(2)3)31-25(28)27-24-26-21(16-30-24)20-8-6-5-7-9-20/h4-13,15-17H,1,14H2,2-3H3/b22-15-,27-25+. The number of thiazole rings is 1. The van der Waals surface area contributed by atoms with Crippen LogP contribution in [0.5, 0.6) is 0 Å². The maximum Gasteiger partial charge on any atom is 0.267 e. The predicted molar refractivity (Wildman–Crippen MR) is 133 cm³/mol. The van der Waals surface area contributed by atoms with Gasteiger partial charge in [-0.3, -0.25) is 9.69 Å². The van der Waals surface area contributed by atoms with Crippen molar-refractivity contribution in [2.24, 2.45) is 4.99 Å². The van der Waals surface area contributed by atoms with E-state index in [0.717, 1.165) is 16.8 Å². The normalized spacial score (nSPS) is 16.6. The van der Waals surface area contributed by atoms with Gasteiger partial charge in [0.25, 0.3) is 5.91 Å². The molecule has 4 nitrogen and oxygen atoms in total. The number of carbonyl (C=O) groups excluding carboxylic acids is 1. The van der Waals surface area contributed by atoms with Crippen molar-refractivity contribution in [3.63, 3.8) is 0 Å². The summed E-state index contributed by atoms with van der Waals surface area (Å²) in [4.78, 5) is 24.6. The van der Waals surface area contributed by atoms with Crippen LogP contribution in [0.3, 0.4) is 0 Å². The largest absolute Gasteiger partial charge is 0.282 e. The summed E-state index contributed by atoms with van der Waals surface area (Å²) in [6.07, 6.45) is 3.64. The average molecular weight is 446 g/mol. The Morgan fingerprint density at radius 3 is 2.55 bits per heavy atom. The Morgan fingerprint density at radius 2 is 1.87 bits per heavy atom. The Bertz CT molecular complexity index is 1150. The van der Waals surface area contributed by atoms with Crippen LogP contribution in [-0.2, 0) is 4.79 Å². The molecule has 0 unspecified atom stereocenters. The van der Waals surface area contributed by atoms with E-state index in [9.17, 15) is 4.79 Å². The quantitative estimate of drug-likeness (QED) is 0.312. The molecule has 1 fully saturated rings. The van der Waals surface area contributed by atoms with Crippen molar-refractivity contribution in [3.05, 3.63) is 88.7 Å². The first kappa shape index (κ1) is 21.3. The van der Waals surface area contributed by atoms with Crippen molar-refractivity contribution in [1.82, 2.24) is 9.88 Å². The average Bonchev–Trinajstić information content (AvgIpc) is 3.36. The Kier molecular flexibility index (Phi) is 6.49. The maximum atomic E-state index is 13.0. The highest BCUT2D eigenvalue weighted by Gasteiger charge is 2.32. The number of carbonyl (C=O) groups is 1. The number of aliphatic imine (C=N–C) groups is 1. The predicted octanol–water partition coefficient (Wildman–Crippen LogP) is 6.72. The molecular formula is C25H23N3OS2. The minimum atomic E-state index is -0.0589. The summed E-state index contributed by atoms with van der Waals surface area (Å²) in [5.41, 5.74) is 4.21. The minimum absolute atomic E-state index is 0.0589. The van der Waals surface area contributed by atoms with Crippen molar-refractivity contribution >= 4 is 45.4 Å². The molecule has 1 aliphatic heterocycles. The van der Waals surface area contributed by atoms with Crippen molar-refractivity contribution in [2.45, 2.75) is 19.8 Å². The molecule has 0 bridgehead atoms. The molecule has 4 rings (SSSR count). The second-order valence-electron chi connectivity index (χ2n) is 7.41. The molecule has 3 aromatic rings. The number of hydrogen-bond acceptors (Lipinski definition) is 5. The molecule has 6 heteroatoms. The van der Waals surface area contributed by atoms with Gasteiger partial charge in [0.15, 0.2) is 5.17 Å². The van der Waals surface area contributed by atoms with Gasteiger partial charge in [0, 0.05) is 17.5 Å². The van der Waals surface area contributed by atoms with E-state index in [-0.39, 0.29) is 5.91 Å². The lowest BCUT2D eigenvalue weighted by Crippen LogP contribution is -2.29. The first-order valence-electron chi connectivity index (χ1n) is 10.1. The molecule has 31 heavy (non-hydrogen) atoms. The number of amidine groups is 1. The van der Waals surface area contributed by atoms with Gasteiger partial charge in [-0.1, -0.05) is 74.5 Å². The smallest absolute Gasteiger partial charge is 0.267 e. The van der Waals surface area contributed by atoms with Crippen molar-refractivity contribution in [3.8, 4) is 11.3 Å². The van der Waals surface area contributed by atoms with Gasteiger partial charge in [-0.25, -0.2) is 4.98 Å². The summed E-state index contributed by atoms with van der Waals surface area (Å²) in [6.45, 7) is 8.53. The van der Waals surface area contributed by atoms with E-state index in [1.54, 1.807) is 11.0 Å². The van der Waals surface area contributed by atoms with E-state index in [2.05, 4.69) is 54.7 Å². The second kappa shape index (κ2) is 9.45. The topological polar surface area (TPSA) is 45.6 Å². The van der Waals surface area contributed by atoms with Gasteiger partial charge in [0.1, 0.15) is 0 Å². The number of thioether (sulfide) groups is 1. The molecule has 1 aliphatic rings. The molecule has 1 amide bonds. The number of nitrogens with zero attached hydrogens (tertiary/aromatic N) is 3. The third-order valence-electron chi connectivity index (χ3n) is 4.85. The molecule has 2 heterocycles. The fourth-order valence-corrected chi connectivity index (χ4v) is 4.89. The molecule has 2 aromatic carbocycles. The monoisotopic (exact) mass is 445 g/mol. The number of hydrogen-bond donors (Lipinski definition) is 0. The molecule has 0 radical (unpaired) electrons. The number of aromatic nitrogens is 1. The van der Waals surface area contributed by atoms with E-state index in [1.165, 1.54) is 28.7 Å². The van der Waals surface area contributed by atoms with Crippen LogP contribution in [0.15, 0.2) is 82.5 Å². The van der Waals surface area contributed by atoms with Crippen molar-refractivity contribution < 1.29 is 4.79 Å². The zero-order valence-electron chi connectivity index (χ0n) is 17.5. The molecule has 0 atom stereocenters. The lowest BCUT2D eigenvalue weighted by molar-refractivity contribution is -0.121. The van der Waals surface area contributed by atoms with Gasteiger partial charge < -0.3 is 0 Å². The van der Waals surface area contributed by atoms with Crippen molar-refractivity contribution in [1.29, 1.82) is 0 Å². The molecule has 0 saturated carbocycles. The Balaban J connectivity index is 1.61. The van der Waals surface area contributed by atoms with Crippen LogP contribution in [0, 0.1) is 0 Å². The molecule has 1 aromatic heterocycles. The van der Waals surface area contributed by atoms with Crippen LogP contribution in [-0.4, -0.2) is 27.5 Å². The summed E-state index contributed by atoms with van der Waals surface area (Å²) in [5, 5.41) is 3.25. The van der Waals surface area contributed by atoms with Gasteiger partial charge in [0.2, 0.25) is 5.13 Å². The maximum absolute atomic E-state index is 13.0. The van der Waals surface area contributed by atoms with E-state index < -0.39 is 0 Å². The van der Waals surface area contributed by atoms with Crippen LogP contribution >= 0.6 is 23.1 Å². The number of amides is 1. The lowest BCUT2D eigenvalue weighted by atomic mass is 10.0. The van der Waals surface area contributed by atoms with Crippen molar-refractivity contribution in [2.75, 3.05) is 6.54 Å². The molecule has 0 spiro atoms. The summed E-state index contributed by atoms with van der Waals surface area (Å²) in [6, 6.07) is 18.3. The first-order valence-corrected chi connectivity index (χ1v) is 11.8. The zero-order valence-corrected chi connectivity index (χ0v) is 19.1. The van der Waals surface area contributed by atoms with Gasteiger partial charge in [-0.2, -0.15) is 4.99 Å². The summed E-state index contributed by atoms with van der Waals surface area (Å²) < 4.78 is 0. The Labute approximate surface area is 191 Å². The molecule has 0 aliphatic carbocycles. The summed E-state index contributed by atoms with van der Waals surface area (Å²) in [7, 11) is 0. The fourth-order valence-electron chi connectivity index (χ4n) is 3.15. The van der Waals surface area contributed by atoms with Gasteiger partial charge >= 0.3 is 0 Å². The molecule has 0 N–H and O–H groups in total. The highest BCUT2D eigenvalue weighted by atomic mass is 32.2. The highest BCUT2D eigenvalue weighted by molar-refractivity contribution is 8.18. The highest BCUT2D eigenvalue weighted by Crippen LogP contribution is 2.35. The van der Waals surface area contributed by atoms with E-state index in [1.807, 2.05) is 41.8 Å². The Morgan fingerprint density at radius 1 is 1.13 bits per heavy atom. The van der Waals surface area contributed by atoms with Gasteiger partial charge in [-0.15, -0.1) is 17.9 Å². The third kappa shape index (κ3) is 4.86. The van der Waals surface area contributed by atoms with Gasteiger partial charge in [0.05, 0.1) is 10.6 Å². The van der Waals surface area contributed by atoms with Crippen LogP contribution in [0.1, 0.15) is 30.9 Å². The van der Waals surface area contributed by atoms with E-state index >= 15 is 0 Å². The number of rotatable bonds is 6. The molecule has 1 saturated heterocycles. The summed E-state index contributed by atoms with van der Waals surface area (Å²) >= 11 is 2.85. The molecule has 156 valence electrons. The van der Waals surface area contributed by atoms with E-state index in [4.69, 9.17) is 0 Å². The fraction of sp³-hybridized carbons (Fsp3) is 0.160. The third-order valence-corrected chi connectivity index (χ3v) is 6.59. The van der Waals surface area contributed by atoms with Crippen LogP contribution in [0.4, 0.5) is 5.13 Å². The van der Waals surface area contributed by atoms with Crippen LogP contribution in [0.2, 0.25) is 0 Å². The summed E-state index contributed by atoms with van der Waals surface area (Å²) in [5.74, 6) is 0.418. The second-order valence-corrected chi connectivity index (χ2v) is 9.26. The van der Waals surface area contributed by atoms with E-state index in [0.29, 0.717) is 27.7 Å². The first-order chi connectivity index (χ1) is 15.0. The lowest BCUT2D eigenvalue weighted by Gasteiger charge is -2.11. The minimum Gasteiger partial charge on any atom is -0.282 e. The molecular weight excluding hydrogens is 422 g/mol. The number of benzene rings is 2. The van der Waals surface area contributed by atoms with Gasteiger partial charge in [-0.05, 0) is 34.9 Å². The van der Waals surface area contributed by atoms with Crippen LogP contribution in [0.25, 0.3) is 17.3 Å².